The van der Waals surface area contributed by atoms with E-state index in [-0.39, 0.29) is 5.92 Å². The number of carbonyl (C=O) groups is 1. The molecule has 0 aliphatic heterocycles. The minimum Gasteiger partial charge on any atom is -0.355 e. The second kappa shape index (κ2) is 6.04. The van der Waals surface area contributed by atoms with Crippen LogP contribution in [0.3, 0.4) is 0 Å². The lowest BCUT2D eigenvalue weighted by atomic mass is 10.1. The van der Waals surface area contributed by atoms with Crippen molar-refractivity contribution in [2.24, 2.45) is 11.7 Å². The van der Waals surface area contributed by atoms with Crippen molar-refractivity contribution in [3.05, 3.63) is 0 Å². The molecule has 0 bridgehead atoms. The first kappa shape index (κ1) is 10.8. The Balaban J connectivity index is 4.40. The molecule has 90 valence electrons. The van der Waals surface area contributed by atoms with E-state index in [2.05, 4.69) is 0 Å². The third-order valence-electron chi connectivity index (χ3n) is 1.72. The fourth-order valence-electron chi connectivity index (χ4n) is 0.716. The molecule has 15 heavy (non-hydrogen) atoms. The number of nitrogens with two attached hydrogens (primary N) is 1. The van der Waals surface area contributed by atoms with Crippen LogP contribution in [0.5, 0.6) is 0 Å². The zero-order chi connectivity index (χ0) is 13.9. The van der Waals surface area contributed by atoms with E-state index in [0.29, 0.717) is 0 Å². The van der Waals surface area contributed by atoms with Gasteiger partial charge < -0.3 is 11.1 Å². The fourth-order valence-corrected chi connectivity index (χ4v) is 1.08. The van der Waals surface area contributed by atoms with Gasteiger partial charge in [0.15, 0.2) is 0 Å². The Morgan fingerprint density at radius 3 is 2.60 bits per heavy atom. The molecule has 0 radical (unpaired) electrons. The molecule has 0 heterocycles. The summed E-state index contributed by atoms with van der Waals surface area (Å²) in [5, 5.41) is 2.00. The van der Waals surface area contributed by atoms with Crippen LogP contribution in [0.15, 0.2) is 0 Å². The summed E-state index contributed by atoms with van der Waals surface area (Å²) in [6.07, 6.45) is -0.539. The number of carbonyl (C=O) groups excluding carboxylic acids is 1. The summed E-state index contributed by atoms with van der Waals surface area (Å²) in [5.74, 6) is -1.62. The molecule has 0 saturated carbocycles. The summed E-state index contributed by atoms with van der Waals surface area (Å²) in [4.78, 5) is 11.4. The lowest BCUT2D eigenvalue weighted by Gasteiger charge is -2.14. The smallest absolute Gasteiger partial charge is 0.264 e. The van der Waals surface area contributed by atoms with Gasteiger partial charge in [0.05, 0.1) is 11.8 Å². The number of amides is 1. The van der Waals surface area contributed by atoms with Crippen molar-refractivity contribution in [1.82, 2.24) is 5.32 Å². The maximum absolute atomic E-state index is 11.4. The molecule has 0 aromatic heterocycles. The van der Waals surface area contributed by atoms with Crippen LogP contribution in [-0.2, 0) is 14.9 Å². The van der Waals surface area contributed by atoms with Crippen LogP contribution in [0.25, 0.3) is 0 Å². The minimum atomic E-state index is -4.25. The zero-order valence-corrected chi connectivity index (χ0v) is 9.54. The summed E-state index contributed by atoms with van der Waals surface area (Å²) in [6, 6.07) is -0.865. The summed E-state index contributed by atoms with van der Waals surface area (Å²) >= 11 is 0. The molecular weight excluding hydrogens is 222 g/mol. The van der Waals surface area contributed by atoms with Gasteiger partial charge in [-0.1, -0.05) is 13.8 Å². The predicted molar refractivity (Wildman–Crippen MR) is 56.9 cm³/mol. The Kier molecular flexibility index (Phi) is 4.37. The number of hydrogen-bond acceptors (Lipinski definition) is 4. The summed E-state index contributed by atoms with van der Waals surface area (Å²) in [5.41, 5.74) is 5.50. The SMILES string of the molecule is [2H]C([2H])(CCS(=O)(=O)O)NC(=[18O])[C@@H](N)C(C)C. The first-order valence-electron chi connectivity index (χ1n) is 5.47. The van der Waals surface area contributed by atoms with Crippen molar-refractivity contribution in [2.75, 3.05) is 12.2 Å². The van der Waals surface area contributed by atoms with Crippen molar-refractivity contribution in [2.45, 2.75) is 26.3 Å². The molecular formula is C8H18N2O4S. The van der Waals surface area contributed by atoms with E-state index in [1.165, 1.54) is 0 Å². The first-order valence-corrected chi connectivity index (χ1v) is 6.08. The van der Waals surface area contributed by atoms with Crippen molar-refractivity contribution < 1.29 is 20.5 Å². The van der Waals surface area contributed by atoms with Gasteiger partial charge in [0.2, 0.25) is 5.91 Å². The van der Waals surface area contributed by atoms with Gasteiger partial charge in [-0.3, -0.25) is 9.35 Å². The largest absolute Gasteiger partial charge is 0.355 e. The van der Waals surface area contributed by atoms with Crippen LogP contribution >= 0.6 is 0 Å². The molecule has 0 spiro atoms. The molecule has 7 heteroatoms. The van der Waals surface area contributed by atoms with Gasteiger partial charge in [0, 0.05) is 9.24 Å². The fraction of sp³-hybridized carbons (Fsp3) is 0.875. The van der Waals surface area contributed by atoms with Gasteiger partial charge in [-0.15, -0.1) is 0 Å². The van der Waals surface area contributed by atoms with E-state index in [1.54, 1.807) is 13.8 Å². The van der Waals surface area contributed by atoms with E-state index < -0.39 is 40.7 Å². The number of rotatable bonds is 6. The highest BCUT2D eigenvalue weighted by Gasteiger charge is 2.16. The van der Waals surface area contributed by atoms with Gasteiger partial charge in [-0.2, -0.15) is 8.42 Å². The van der Waals surface area contributed by atoms with Crippen LogP contribution in [0.1, 0.15) is 23.0 Å². The normalized spacial score (nSPS) is 16.9. The molecule has 0 aromatic carbocycles. The summed E-state index contributed by atoms with van der Waals surface area (Å²) in [7, 11) is -4.25. The summed E-state index contributed by atoms with van der Waals surface area (Å²) < 4.78 is 44.1. The highest BCUT2D eigenvalue weighted by atomic mass is 32.2. The molecule has 0 aliphatic rings. The number of hydrogen-bond donors (Lipinski definition) is 3. The maximum Gasteiger partial charge on any atom is 0.264 e. The van der Waals surface area contributed by atoms with E-state index >= 15 is 0 Å². The Hall–Kier alpha value is -0.660. The molecule has 6 nitrogen and oxygen atoms in total. The second-order valence-electron chi connectivity index (χ2n) is 3.47. The number of nitrogens with one attached hydrogen (secondary N) is 1. The minimum absolute atomic E-state index is 0.160. The molecule has 1 atom stereocenters. The van der Waals surface area contributed by atoms with Gasteiger partial charge >= 0.3 is 0 Å². The molecule has 1 amide bonds. The van der Waals surface area contributed by atoms with Gasteiger partial charge in [-0.25, -0.2) is 0 Å². The average molecular weight is 242 g/mol. The Morgan fingerprint density at radius 2 is 2.20 bits per heavy atom. The van der Waals surface area contributed by atoms with Gasteiger partial charge in [0.25, 0.3) is 10.1 Å². The Bertz CT molecular complexity index is 370. The Labute approximate surface area is 92.8 Å². The van der Waals surface area contributed by atoms with Crippen molar-refractivity contribution in [3.8, 4) is 0 Å². The first-order chi connectivity index (χ1) is 7.44. The van der Waals surface area contributed by atoms with Crippen LogP contribution in [-0.4, -0.2) is 37.2 Å². The quantitative estimate of drug-likeness (QED) is 0.424. The third-order valence-corrected chi connectivity index (χ3v) is 2.44. The van der Waals surface area contributed by atoms with Crippen LogP contribution in [0, 0.1) is 5.92 Å². The van der Waals surface area contributed by atoms with Crippen LogP contribution in [0.2, 0.25) is 0 Å². The molecule has 0 unspecified atom stereocenters. The van der Waals surface area contributed by atoms with Crippen molar-refractivity contribution in [3.63, 3.8) is 0 Å². The second-order valence-corrected chi connectivity index (χ2v) is 5.04. The van der Waals surface area contributed by atoms with Crippen molar-refractivity contribution >= 4 is 16.0 Å². The van der Waals surface area contributed by atoms with Crippen LogP contribution < -0.4 is 11.1 Å². The molecule has 0 saturated heterocycles. The van der Waals surface area contributed by atoms with E-state index in [0.717, 1.165) is 0 Å². The highest BCUT2D eigenvalue weighted by Crippen LogP contribution is 1.97. The van der Waals surface area contributed by atoms with Gasteiger partial charge in [0.1, 0.15) is 0 Å². The third kappa shape index (κ3) is 7.29. The molecule has 0 aromatic rings. The van der Waals surface area contributed by atoms with Gasteiger partial charge in [-0.05, 0) is 12.3 Å². The predicted octanol–water partition coefficient (Wildman–Crippen LogP) is -0.636. The van der Waals surface area contributed by atoms with E-state index in [4.69, 9.17) is 13.0 Å². The summed E-state index contributed by atoms with van der Waals surface area (Å²) in [6.45, 7) is 1.19. The molecule has 4 N–H and O–H groups in total. The van der Waals surface area contributed by atoms with E-state index in [9.17, 15) is 13.2 Å². The molecule has 0 rings (SSSR count). The maximum atomic E-state index is 11.4. The lowest BCUT2D eigenvalue weighted by Crippen LogP contribution is -2.44. The molecule has 0 aliphatic carbocycles. The standard InChI is InChI=1S/C8H18N2O4S/c1-6(2)7(9)8(11)10-4-3-5-15(12,13)14/h6-7H,3-5,9H2,1-2H3,(H,10,11)(H,12,13,14)/t7-/m0/s1/i4D2,11+2. The Morgan fingerprint density at radius 1 is 1.67 bits per heavy atom. The zero-order valence-electron chi connectivity index (χ0n) is 10.7. The topological polar surface area (TPSA) is 109 Å². The lowest BCUT2D eigenvalue weighted by molar-refractivity contribution is -0.123. The monoisotopic (exact) mass is 242 g/mol. The highest BCUT2D eigenvalue weighted by molar-refractivity contribution is 7.85. The molecule has 0 fully saturated rings. The van der Waals surface area contributed by atoms with Crippen molar-refractivity contribution in [1.29, 1.82) is 0 Å². The van der Waals surface area contributed by atoms with Crippen LogP contribution in [0.4, 0.5) is 0 Å². The average Bonchev–Trinajstić information content (AvgIpc) is 2.12. The van der Waals surface area contributed by atoms with E-state index in [1.807, 2.05) is 5.32 Å².